The highest BCUT2D eigenvalue weighted by atomic mass is 16.5. The van der Waals surface area contributed by atoms with Crippen LogP contribution in [0.1, 0.15) is 23.5 Å². The van der Waals surface area contributed by atoms with E-state index >= 15 is 0 Å². The van der Waals surface area contributed by atoms with Crippen LogP contribution in [0.5, 0.6) is 0 Å². The Hall–Kier alpha value is -2.61. The molecule has 0 bridgehead atoms. The van der Waals surface area contributed by atoms with Gasteiger partial charge in [-0.25, -0.2) is 0 Å². The fourth-order valence-corrected chi connectivity index (χ4v) is 3.38. The standard InChI is InChI=1S/C20H16O2/c21-20-18(14-8-3-1-4-9-14)16-12-7-13-17(16)19(22-20)15-10-5-2-6-11-15/h1-11,13,16,18H,12H2. The summed E-state index contributed by atoms with van der Waals surface area (Å²) in [5.74, 6) is 0.538. The number of ether oxygens (including phenoxy) is 1. The molecular formula is C20H16O2. The van der Waals surface area contributed by atoms with Crippen molar-refractivity contribution < 1.29 is 9.53 Å². The summed E-state index contributed by atoms with van der Waals surface area (Å²) in [6.45, 7) is 0. The van der Waals surface area contributed by atoms with Crippen molar-refractivity contribution >= 4 is 11.7 Å². The predicted octanol–water partition coefficient (Wildman–Crippen LogP) is 4.31. The van der Waals surface area contributed by atoms with Crippen molar-refractivity contribution in [3.63, 3.8) is 0 Å². The van der Waals surface area contributed by atoms with Crippen LogP contribution in [-0.2, 0) is 9.53 Å². The van der Waals surface area contributed by atoms with Gasteiger partial charge in [-0.05, 0) is 17.6 Å². The maximum absolute atomic E-state index is 12.6. The summed E-state index contributed by atoms with van der Waals surface area (Å²) in [7, 11) is 0. The van der Waals surface area contributed by atoms with E-state index in [0.717, 1.165) is 28.9 Å². The largest absolute Gasteiger partial charge is 0.425 e. The molecule has 0 saturated carbocycles. The first-order valence-corrected chi connectivity index (χ1v) is 7.57. The molecule has 0 fully saturated rings. The highest BCUT2D eigenvalue weighted by molar-refractivity contribution is 5.89. The zero-order chi connectivity index (χ0) is 14.9. The molecule has 1 aliphatic heterocycles. The second kappa shape index (κ2) is 5.30. The summed E-state index contributed by atoms with van der Waals surface area (Å²) in [6, 6.07) is 19.8. The van der Waals surface area contributed by atoms with Gasteiger partial charge in [0, 0.05) is 11.5 Å². The Bertz CT molecular complexity index is 757. The Labute approximate surface area is 129 Å². The Morgan fingerprint density at radius 1 is 0.909 bits per heavy atom. The molecule has 0 saturated heterocycles. The average molecular weight is 288 g/mol. The van der Waals surface area contributed by atoms with Gasteiger partial charge >= 0.3 is 5.97 Å². The lowest BCUT2D eigenvalue weighted by atomic mass is 9.79. The summed E-state index contributed by atoms with van der Waals surface area (Å²) in [5, 5.41) is 0. The molecule has 108 valence electrons. The van der Waals surface area contributed by atoms with Crippen LogP contribution in [-0.4, -0.2) is 5.97 Å². The number of carbonyl (C=O) groups is 1. The zero-order valence-electron chi connectivity index (χ0n) is 12.1. The average Bonchev–Trinajstić information content (AvgIpc) is 3.05. The van der Waals surface area contributed by atoms with E-state index in [1.54, 1.807) is 0 Å². The van der Waals surface area contributed by atoms with Crippen molar-refractivity contribution in [2.75, 3.05) is 0 Å². The SMILES string of the molecule is O=C1OC(c2ccccc2)=C2C=CCC2C1c1ccccc1. The van der Waals surface area contributed by atoms with Gasteiger partial charge in [0.05, 0.1) is 5.92 Å². The van der Waals surface area contributed by atoms with Gasteiger partial charge in [0.25, 0.3) is 0 Å². The first-order chi connectivity index (χ1) is 10.8. The fourth-order valence-electron chi connectivity index (χ4n) is 3.38. The van der Waals surface area contributed by atoms with E-state index in [2.05, 4.69) is 12.2 Å². The lowest BCUT2D eigenvalue weighted by molar-refractivity contribution is -0.140. The number of carbonyl (C=O) groups excluding carboxylic acids is 1. The van der Waals surface area contributed by atoms with Gasteiger partial charge in [0.15, 0.2) is 0 Å². The third-order valence-electron chi connectivity index (χ3n) is 4.40. The van der Waals surface area contributed by atoms with E-state index in [4.69, 9.17) is 4.74 Å². The molecule has 22 heavy (non-hydrogen) atoms. The molecule has 0 spiro atoms. The summed E-state index contributed by atoms with van der Waals surface area (Å²) >= 11 is 0. The second-order valence-corrected chi connectivity index (χ2v) is 5.70. The van der Waals surface area contributed by atoms with E-state index in [-0.39, 0.29) is 17.8 Å². The molecule has 2 unspecified atom stereocenters. The van der Waals surface area contributed by atoms with Crippen LogP contribution in [0.3, 0.4) is 0 Å². The molecule has 2 heteroatoms. The molecule has 0 radical (unpaired) electrons. The van der Waals surface area contributed by atoms with Crippen LogP contribution in [0, 0.1) is 5.92 Å². The third kappa shape index (κ3) is 2.08. The van der Waals surface area contributed by atoms with Gasteiger partial charge in [-0.15, -0.1) is 0 Å². The monoisotopic (exact) mass is 288 g/mol. The van der Waals surface area contributed by atoms with Crippen LogP contribution >= 0.6 is 0 Å². The van der Waals surface area contributed by atoms with Gasteiger partial charge in [-0.3, -0.25) is 4.79 Å². The van der Waals surface area contributed by atoms with Crippen LogP contribution < -0.4 is 0 Å². The van der Waals surface area contributed by atoms with Gasteiger partial charge in [0.1, 0.15) is 5.76 Å². The smallest absolute Gasteiger partial charge is 0.319 e. The Morgan fingerprint density at radius 2 is 1.59 bits per heavy atom. The predicted molar refractivity (Wildman–Crippen MR) is 85.9 cm³/mol. The highest BCUT2D eigenvalue weighted by Gasteiger charge is 2.40. The van der Waals surface area contributed by atoms with Crippen molar-refractivity contribution in [3.05, 3.63) is 89.5 Å². The molecule has 0 N–H and O–H groups in total. The quantitative estimate of drug-likeness (QED) is 0.769. The van der Waals surface area contributed by atoms with Crippen LogP contribution in [0.15, 0.2) is 78.4 Å². The van der Waals surface area contributed by atoms with Gasteiger partial charge in [-0.1, -0.05) is 72.8 Å². The number of benzene rings is 2. The molecule has 0 aromatic heterocycles. The van der Waals surface area contributed by atoms with Crippen molar-refractivity contribution in [2.24, 2.45) is 5.92 Å². The molecular weight excluding hydrogens is 272 g/mol. The minimum atomic E-state index is -0.210. The van der Waals surface area contributed by atoms with Crippen molar-refractivity contribution in [2.45, 2.75) is 12.3 Å². The first kappa shape index (κ1) is 13.1. The van der Waals surface area contributed by atoms with Crippen molar-refractivity contribution in [1.29, 1.82) is 0 Å². The van der Waals surface area contributed by atoms with E-state index in [1.807, 2.05) is 60.7 Å². The molecule has 2 aromatic rings. The summed E-state index contributed by atoms with van der Waals surface area (Å²) < 4.78 is 5.74. The van der Waals surface area contributed by atoms with E-state index in [9.17, 15) is 4.79 Å². The number of fused-ring (bicyclic) bond motifs is 1. The number of rotatable bonds is 2. The van der Waals surface area contributed by atoms with Gasteiger partial charge < -0.3 is 4.74 Å². The minimum Gasteiger partial charge on any atom is -0.425 e. The van der Waals surface area contributed by atoms with Crippen LogP contribution in [0.25, 0.3) is 5.76 Å². The van der Waals surface area contributed by atoms with Crippen LogP contribution in [0.4, 0.5) is 0 Å². The number of hydrogen-bond donors (Lipinski definition) is 0. The first-order valence-electron chi connectivity index (χ1n) is 7.57. The number of hydrogen-bond acceptors (Lipinski definition) is 2. The fraction of sp³-hybridized carbons (Fsp3) is 0.150. The van der Waals surface area contributed by atoms with E-state index in [1.165, 1.54) is 0 Å². The molecule has 2 aromatic carbocycles. The second-order valence-electron chi connectivity index (χ2n) is 5.70. The Balaban J connectivity index is 1.81. The lowest BCUT2D eigenvalue weighted by Gasteiger charge is -2.30. The topological polar surface area (TPSA) is 26.3 Å². The normalized spacial score (nSPS) is 23.4. The van der Waals surface area contributed by atoms with E-state index in [0.29, 0.717) is 0 Å². The van der Waals surface area contributed by atoms with Crippen LogP contribution in [0.2, 0.25) is 0 Å². The maximum atomic E-state index is 12.6. The number of esters is 1. The molecule has 2 nitrogen and oxygen atoms in total. The third-order valence-corrected chi connectivity index (χ3v) is 4.40. The van der Waals surface area contributed by atoms with E-state index < -0.39 is 0 Å². The molecule has 2 aliphatic rings. The van der Waals surface area contributed by atoms with Crippen molar-refractivity contribution in [1.82, 2.24) is 0 Å². The highest BCUT2D eigenvalue weighted by Crippen LogP contribution is 2.46. The number of allylic oxidation sites excluding steroid dienone is 3. The summed E-state index contributed by atoms with van der Waals surface area (Å²) in [4.78, 5) is 12.6. The summed E-state index contributed by atoms with van der Waals surface area (Å²) in [5.41, 5.74) is 3.14. The number of cyclic esters (lactones) is 1. The van der Waals surface area contributed by atoms with Gasteiger partial charge in [-0.2, -0.15) is 0 Å². The zero-order valence-corrected chi connectivity index (χ0v) is 12.1. The molecule has 0 amide bonds. The summed E-state index contributed by atoms with van der Waals surface area (Å²) in [6.07, 6.45) is 5.14. The Kier molecular flexibility index (Phi) is 3.15. The van der Waals surface area contributed by atoms with Crippen molar-refractivity contribution in [3.8, 4) is 0 Å². The molecule has 2 atom stereocenters. The minimum absolute atomic E-state index is 0.150. The molecule has 1 aliphatic carbocycles. The molecule has 1 heterocycles. The maximum Gasteiger partial charge on any atom is 0.319 e. The molecule has 4 rings (SSSR count). The Morgan fingerprint density at radius 3 is 2.32 bits per heavy atom. The lowest BCUT2D eigenvalue weighted by Crippen LogP contribution is -2.28. The van der Waals surface area contributed by atoms with Gasteiger partial charge in [0.2, 0.25) is 0 Å².